The molecule has 0 aliphatic carbocycles. The molecule has 0 bridgehead atoms. The Labute approximate surface area is 110 Å². The lowest BCUT2D eigenvalue weighted by Crippen LogP contribution is -2.33. The highest BCUT2D eigenvalue weighted by molar-refractivity contribution is 5.75. The summed E-state index contributed by atoms with van der Waals surface area (Å²) in [4.78, 5) is 11.6. The third kappa shape index (κ3) is 6.97. The summed E-state index contributed by atoms with van der Waals surface area (Å²) < 4.78 is 5.29. The van der Waals surface area contributed by atoms with Crippen LogP contribution in [0.1, 0.15) is 46.0 Å². The molecule has 1 unspecified atom stereocenters. The average Bonchev–Trinajstić information content (AvgIpc) is 2.34. The van der Waals surface area contributed by atoms with Gasteiger partial charge in [0.2, 0.25) is 5.91 Å². The van der Waals surface area contributed by atoms with Gasteiger partial charge >= 0.3 is 0 Å². The van der Waals surface area contributed by atoms with E-state index in [1.54, 1.807) is 0 Å². The first-order valence-electron chi connectivity index (χ1n) is 7.10. The van der Waals surface area contributed by atoms with Gasteiger partial charge in [0.05, 0.1) is 6.10 Å². The maximum absolute atomic E-state index is 11.6. The molecule has 1 aliphatic rings. The van der Waals surface area contributed by atoms with E-state index in [0.29, 0.717) is 24.8 Å². The Balaban J connectivity index is 2.06. The van der Waals surface area contributed by atoms with Gasteiger partial charge in [0, 0.05) is 26.2 Å². The van der Waals surface area contributed by atoms with Gasteiger partial charge in [-0.05, 0) is 37.5 Å². The van der Waals surface area contributed by atoms with Crippen LogP contribution < -0.4 is 5.32 Å². The zero-order valence-corrected chi connectivity index (χ0v) is 11.7. The van der Waals surface area contributed by atoms with Gasteiger partial charge in [-0.2, -0.15) is 0 Å². The maximum Gasteiger partial charge on any atom is 0.220 e. The van der Waals surface area contributed by atoms with Gasteiger partial charge in [-0.3, -0.25) is 4.79 Å². The molecule has 4 nitrogen and oxygen atoms in total. The number of hydrogen-bond donors (Lipinski definition) is 2. The lowest BCUT2D eigenvalue weighted by Gasteiger charge is -2.21. The lowest BCUT2D eigenvalue weighted by atomic mass is 9.95. The van der Waals surface area contributed by atoms with Crippen LogP contribution in [0.2, 0.25) is 0 Å². The van der Waals surface area contributed by atoms with Crippen molar-refractivity contribution in [1.29, 1.82) is 0 Å². The van der Waals surface area contributed by atoms with Gasteiger partial charge in [-0.25, -0.2) is 0 Å². The van der Waals surface area contributed by atoms with E-state index in [4.69, 9.17) is 4.74 Å². The quantitative estimate of drug-likeness (QED) is 0.730. The van der Waals surface area contributed by atoms with Crippen molar-refractivity contribution in [2.75, 3.05) is 19.8 Å². The first-order valence-corrected chi connectivity index (χ1v) is 7.10. The molecule has 1 heterocycles. The second kappa shape index (κ2) is 8.48. The van der Waals surface area contributed by atoms with Crippen LogP contribution in [-0.4, -0.2) is 36.9 Å². The van der Waals surface area contributed by atoms with Crippen LogP contribution in [0.5, 0.6) is 0 Å². The second-order valence-corrected chi connectivity index (χ2v) is 5.68. The number of amides is 1. The van der Waals surface area contributed by atoms with Crippen molar-refractivity contribution in [3.05, 3.63) is 0 Å². The van der Waals surface area contributed by atoms with Crippen LogP contribution in [-0.2, 0) is 9.53 Å². The van der Waals surface area contributed by atoms with Gasteiger partial charge < -0.3 is 15.2 Å². The predicted octanol–water partition coefficient (Wildman–Crippen LogP) is 1.72. The van der Waals surface area contributed by atoms with Crippen LogP contribution in [0.3, 0.4) is 0 Å². The molecule has 18 heavy (non-hydrogen) atoms. The van der Waals surface area contributed by atoms with E-state index in [0.717, 1.165) is 38.9 Å². The number of aliphatic hydroxyl groups is 1. The molecule has 1 amide bonds. The Morgan fingerprint density at radius 1 is 1.39 bits per heavy atom. The van der Waals surface area contributed by atoms with Crippen LogP contribution >= 0.6 is 0 Å². The zero-order chi connectivity index (χ0) is 13.4. The molecule has 0 aromatic heterocycles. The first kappa shape index (κ1) is 15.4. The minimum Gasteiger partial charge on any atom is -0.391 e. The molecular weight excluding hydrogens is 230 g/mol. The van der Waals surface area contributed by atoms with Gasteiger partial charge in [-0.15, -0.1) is 0 Å². The van der Waals surface area contributed by atoms with Gasteiger partial charge in [0.25, 0.3) is 0 Å². The number of ether oxygens (including phenoxy) is 1. The standard InChI is InChI=1S/C14H27NO3/c1-11(2)9-13(16)10-15-14(17)4-3-12-5-7-18-8-6-12/h11-13,16H,3-10H2,1-2H3,(H,15,17). The third-order valence-corrected chi connectivity index (χ3v) is 3.40. The highest BCUT2D eigenvalue weighted by atomic mass is 16.5. The van der Waals surface area contributed by atoms with Crippen LogP contribution in [0, 0.1) is 11.8 Å². The van der Waals surface area contributed by atoms with Crippen molar-refractivity contribution < 1.29 is 14.6 Å². The van der Waals surface area contributed by atoms with Crippen LogP contribution in [0.25, 0.3) is 0 Å². The minimum absolute atomic E-state index is 0.0595. The summed E-state index contributed by atoms with van der Waals surface area (Å²) in [6.07, 6.45) is 3.97. The van der Waals surface area contributed by atoms with Crippen molar-refractivity contribution in [3.8, 4) is 0 Å². The smallest absolute Gasteiger partial charge is 0.220 e. The van der Waals surface area contributed by atoms with E-state index in [1.807, 2.05) is 0 Å². The second-order valence-electron chi connectivity index (χ2n) is 5.68. The highest BCUT2D eigenvalue weighted by Crippen LogP contribution is 2.19. The van der Waals surface area contributed by atoms with Crippen LogP contribution in [0.15, 0.2) is 0 Å². The van der Waals surface area contributed by atoms with Crippen molar-refractivity contribution in [1.82, 2.24) is 5.32 Å². The van der Waals surface area contributed by atoms with Gasteiger partial charge in [0.1, 0.15) is 0 Å². The van der Waals surface area contributed by atoms with Crippen molar-refractivity contribution in [2.45, 2.75) is 52.1 Å². The molecule has 1 atom stereocenters. The number of hydrogen-bond acceptors (Lipinski definition) is 3. The summed E-state index contributed by atoms with van der Waals surface area (Å²) in [6, 6.07) is 0. The molecule has 0 aromatic rings. The third-order valence-electron chi connectivity index (χ3n) is 3.40. The van der Waals surface area contributed by atoms with Crippen LogP contribution in [0.4, 0.5) is 0 Å². The Hall–Kier alpha value is -0.610. The van der Waals surface area contributed by atoms with E-state index < -0.39 is 6.10 Å². The Bertz CT molecular complexity index is 237. The fourth-order valence-corrected chi connectivity index (χ4v) is 2.32. The summed E-state index contributed by atoms with van der Waals surface area (Å²) >= 11 is 0. The normalized spacial score (nSPS) is 18.9. The zero-order valence-electron chi connectivity index (χ0n) is 11.7. The molecule has 1 aliphatic heterocycles. The summed E-state index contributed by atoms with van der Waals surface area (Å²) in [6.45, 7) is 6.18. The van der Waals surface area contributed by atoms with E-state index in [2.05, 4.69) is 19.2 Å². The fourth-order valence-electron chi connectivity index (χ4n) is 2.32. The minimum atomic E-state index is -0.419. The van der Waals surface area contributed by atoms with E-state index in [9.17, 15) is 9.90 Å². The largest absolute Gasteiger partial charge is 0.391 e. The van der Waals surface area contributed by atoms with E-state index in [-0.39, 0.29) is 5.91 Å². The van der Waals surface area contributed by atoms with Crippen molar-refractivity contribution in [2.24, 2.45) is 11.8 Å². The summed E-state index contributed by atoms with van der Waals surface area (Å²) in [5.41, 5.74) is 0. The number of aliphatic hydroxyl groups excluding tert-OH is 1. The van der Waals surface area contributed by atoms with Gasteiger partial charge in [-0.1, -0.05) is 13.8 Å². The topological polar surface area (TPSA) is 58.6 Å². The van der Waals surface area contributed by atoms with Crippen molar-refractivity contribution in [3.63, 3.8) is 0 Å². The molecule has 1 saturated heterocycles. The predicted molar refractivity (Wildman–Crippen MR) is 71.2 cm³/mol. The SMILES string of the molecule is CC(C)CC(O)CNC(=O)CCC1CCOCC1. The van der Waals surface area contributed by atoms with E-state index >= 15 is 0 Å². The Morgan fingerprint density at radius 2 is 2.06 bits per heavy atom. The van der Waals surface area contributed by atoms with E-state index in [1.165, 1.54) is 0 Å². The Morgan fingerprint density at radius 3 is 2.67 bits per heavy atom. The molecule has 1 rings (SSSR count). The molecule has 0 aromatic carbocycles. The summed E-state index contributed by atoms with van der Waals surface area (Å²) in [7, 11) is 0. The monoisotopic (exact) mass is 257 g/mol. The molecule has 1 fully saturated rings. The number of nitrogens with one attached hydrogen (secondary N) is 1. The molecule has 106 valence electrons. The lowest BCUT2D eigenvalue weighted by molar-refractivity contribution is -0.122. The fraction of sp³-hybridized carbons (Fsp3) is 0.929. The Kier molecular flexibility index (Phi) is 7.28. The molecule has 2 N–H and O–H groups in total. The van der Waals surface area contributed by atoms with Gasteiger partial charge in [0.15, 0.2) is 0 Å². The molecule has 0 spiro atoms. The number of rotatable bonds is 7. The highest BCUT2D eigenvalue weighted by Gasteiger charge is 2.15. The first-order chi connectivity index (χ1) is 8.58. The molecule has 0 radical (unpaired) electrons. The molecular formula is C14H27NO3. The summed E-state index contributed by atoms with van der Waals surface area (Å²) in [5.74, 6) is 1.15. The molecule has 4 heteroatoms. The number of carbonyl (C=O) groups excluding carboxylic acids is 1. The van der Waals surface area contributed by atoms with Crippen molar-refractivity contribution >= 4 is 5.91 Å². The maximum atomic E-state index is 11.6. The average molecular weight is 257 g/mol. The molecule has 0 saturated carbocycles. The summed E-state index contributed by atoms with van der Waals surface area (Å²) in [5, 5.41) is 12.5. The number of carbonyl (C=O) groups is 1.